The summed E-state index contributed by atoms with van der Waals surface area (Å²) >= 11 is 6.15. The quantitative estimate of drug-likeness (QED) is 0.899. The third kappa shape index (κ3) is 3.59. The Morgan fingerprint density at radius 3 is 2.92 bits per heavy atom. The average molecular weight is 365 g/mol. The van der Waals surface area contributed by atoms with Crippen molar-refractivity contribution >= 4 is 17.5 Å². The number of amides is 1. The van der Waals surface area contributed by atoms with Gasteiger partial charge in [-0.05, 0) is 31.1 Å². The first-order chi connectivity index (χ1) is 11.8. The van der Waals surface area contributed by atoms with Crippen LogP contribution in [0.5, 0.6) is 0 Å². The minimum absolute atomic E-state index is 0.198. The zero-order valence-electron chi connectivity index (χ0n) is 15.2. The summed E-state index contributed by atoms with van der Waals surface area (Å²) in [6.07, 6.45) is 4.33. The smallest absolute Gasteiger partial charge is 0.274 e. The van der Waals surface area contributed by atoms with Crippen LogP contribution in [0.15, 0.2) is 10.7 Å². The van der Waals surface area contributed by atoms with Gasteiger partial charge in [0.2, 0.25) is 0 Å². The molecule has 1 N–H and O–H groups in total. The predicted molar refractivity (Wildman–Crippen MR) is 95.6 cm³/mol. The van der Waals surface area contributed by atoms with Crippen LogP contribution in [0.4, 0.5) is 0 Å². The number of hydrogen-bond acceptors (Lipinski definition) is 4. The maximum atomic E-state index is 12.6. The van der Waals surface area contributed by atoms with E-state index in [-0.39, 0.29) is 11.3 Å². The molecule has 1 aliphatic carbocycles. The zero-order chi connectivity index (χ0) is 18.2. The summed E-state index contributed by atoms with van der Waals surface area (Å²) in [4.78, 5) is 12.6. The summed E-state index contributed by atoms with van der Waals surface area (Å²) in [5.41, 5.74) is 2.35. The fraction of sp³-hybridized carbons (Fsp3) is 0.611. The van der Waals surface area contributed by atoms with Crippen LogP contribution >= 0.6 is 11.6 Å². The topological polar surface area (TPSA) is 73.0 Å². The van der Waals surface area contributed by atoms with Gasteiger partial charge in [-0.25, -0.2) is 0 Å². The van der Waals surface area contributed by atoms with Gasteiger partial charge in [-0.3, -0.25) is 9.48 Å². The molecule has 7 heteroatoms. The van der Waals surface area contributed by atoms with Crippen LogP contribution in [0.25, 0.3) is 0 Å². The molecule has 0 radical (unpaired) electrons. The van der Waals surface area contributed by atoms with E-state index in [9.17, 15) is 4.79 Å². The Bertz CT molecular complexity index is 773. The Kier molecular flexibility index (Phi) is 4.91. The minimum Gasteiger partial charge on any atom is -0.360 e. The highest BCUT2D eigenvalue weighted by Gasteiger charge is 2.34. The van der Waals surface area contributed by atoms with Crippen molar-refractivity contribution in [2.24, 2.45) is 11.3 Å². The molecule has 0 spiro atoms. The second-order valence-electron chi connectivity index (χ2n) is 7.68. The van der Waals surface area contributed by atoms with Crippen molar-refractivity contribution in [1.82, 2.24) is 20.3 Å². The zero-order valence-corrected chi connectivity index (χ0v) is 16.0. The van der Waals surface area contributed by atoms with Crippen molar-refractivity contribution in [3.63, 3.8) is 0 Å². The maximum Gasteiger partial charge on any atom is 0.274 e. The Hall–Kier alpha value is -1.82. The van der Waals surface area contributed by atoms with Crippen molar-refractivity contribution in [2.75, 3.05) is 0 Å². The first-order valence-corrected chi connectivity index (χ1v) is 9.14. The average Bonchev–Trinajstić information content (AvgIpc) is 3.14. The molecule has 1 amide bonds. The first kappa shape index (κ1) is 18.0. The highest BCUT2D eigenvalue weighted by Crippen LogP contribution is 2.38. The third-order valence-corrected chi connectivity index (χ3v) is 5.41. The lowest BCUT2D eigenvalue weighted by atomic mass is 9.71. The van der Waals surface area contributed by atoms with E-state index in [4.69, 9.17) is 16.1 Å². The van der Waals surface area contributed by atoms with E-state index in [0.717, 1.165) is 36.3 Å². The van der Waals surface area contributed by atoms with Crippen LogP contribution in [-0.2, 0) is 25.9 Å². The summed E-state index contributed by atoms with van der Waals surface area (Å²) in [5.74, 6) is 1.14. The number of rotatable bonds is 4. The van der Waals surface area contributed by atoms with Crippen molar-refractivity contribution in [1.29, 1.82) is 0 Å². The van der Waals surface area contributed by atoms with Crippen LogP contribution in [-0.4, -0.2) is 20.8 Å². The second-order valence-corrected chi connectivity index (χ2v) is 8.08. The summed E-state index contributed by atoms with van der Waals surface area (Å²) in [6, 6.07) is 0. The molecule has 136 valence electrons. The number of nitrogens with one attached hydrogen (secondary N) is 1. The molecule has 1 aliphatic rings. The molecule has 3 rings (SSSR count). The molecule has 0 bridgehead atoms. The molecular weight excluding hydrogens is 340 g/mol. The Labute approximate surface area is 152 Å². The Balaban J connectivity index is 1.74. The first-order valence-electron chi connectivity index (χ1n) is 8.77. The Morgan fingerprint density at radius 1 is 1.48 bits per heavy atom. The van der Waals surface area contributed by atoms with Gasteiger partial charge in [0, 0.05) is 18.5 Å². The molecule has 0 saturated heterocycles. The molecule has 25 heavy (non-hydrogen) atoms. The summed E-state index contributed by atoms with van der Waals surface area (Å²) in [5, 5.41) is 11.7. The number of halogens is 1. The van der Waals surface area contributed by atoms with Gasteiger partial charge in [0.1, 0.15) is 5.76 Å². The van der Waals surface area contributed by atoms with Gasteiger partial charge in [0.25, 0.3) is 5.91 Å². The molecule has 0 fully saturated rings. The fourth-order valence-corrected chi connectivity index (χ4v) is 3.61. The third-order valence-electron chi connectivity index (χ3n) is 5.09. The van der Waals surface area contributed by atoms with Crippen LogP contribution in [0, 0.1) is 11.3 Å². The number of hydrogen-bond donors (Lipinski definition) is 1. The standard InChI is InChI=1S/C18H25ClN4O2/c1-5-23-14(13(19)9-21-23)10-20-17(24)16-12-8-11(18(2,3)4)6-7-15(12)25-22-16/h9,11H,5-8,10H2,1-4H3,(H,20,24). The lowest BCUT2D eigenvalue weighted by Gasteiger charge is -2.33. The molecule has 0 aliphatic heterocycles. The number of carbonyl (C=O) groups excluding carboxylic acids is 1. The van der Waals surface area contributed by atoms with E-state index in [1.807, 2.05) is 6.92 Å². The lowest BCUT2D eigenvalue weighted by Crippen LogP contribution is -2.29. The molecule has 2 aromatic heterocycles. The molecule has 1 atom stereocenters. The molecule has 1 unspecified atom stereocenters. The van der Waals surface area contributed by atoms with E-state index in [0.29, 0.717) is 29.7 Å². The number of aryl methyl sites for hydroxylation is 2. The lowest BCUT2D eigenvalue weighted by molar-refractivity contribution is 0.0939. The minimum atomic E-state index is -0.223. The van der Waals surface area contributed by atoms with Gasteiger partial charge in [0.05, 0.1) is 23.5 Å². The van der Waals surface area contributed by atoms with Crippen molar-refractivity contribution in [2.45, 2.75) is 60.0 Å². The fourth-order valence-electron chi connectivity index (χ4n) is 3.41. The largest absolute Gasteiger partial charge is 0.360 e. The highest BCUT2D eigenvalue weighted by molar-refractivity contribution is 6.31. The van der Waals surface area contributed by atoms with Gasteiger partial charge < -0.3 is 9.84 Å². The van der Waals surface area contributed by atoms with E-state index < -0.39 is 0 Å². The Morgan fingerprint density at radius 2 is 2.24 bits per heavy atom. The van der Waals surface area contributed by atoms with Crippen molar-refractivity contribution < 1.29 is 9.32 Å². The monoisotopic (exact) mass is 364 g/mol. The summed E-state index contributed by atoms with van der Waals surface area (Å²) in [7, 11) is 0. The molecule has 0 aromatic carbocycles. The van der Waals surface area contributed by atoms with Gasteiger partial charge >= 0.3 is 0 Å². The van der Waals surface area contributed by atoms with Crippen LogP contribution in [0.3, 0.4) is 0 Å². The van der Waals surface area contributed by atoms with E-state index >= 15 is 0 Å². The van der Waals surface area contributed by atoms with E-state index in [1.165, 1.54) is 0 Å². The van der Waals surface area contributed by atoms with Gasteiger partial charge in [-0.15, -0.1) is 0 Å². The number of nitrogens with zero attached hydrogens (tertiary/aromatic N) is 3. The summed E-state index contributed by atoms with van der Waals surface area (Å²) < 4.78 is 7.19. The molecule has 2 aromatic rings. The molecule has 2 heterocycles. The molecule has 0 saturated carbocycles. The number of aromatic nitrogens is 3. The SMILES string of the molecule is CCn1ncc(Cl)c1CNC(=O)c1noc2c1CC(C(C)(C)C)CC2. The van der Waals surface area contributed by atoms with Crippen molar-refractivity contribution in [3.05, 3.63) is 33.9 Å². The van der Waals surface area contributed by atoms with Gasteiger partial charge in [-0.2, -0.15) is 5.10 Å². The number of fused-ring (bicyclic) bond motifs is 1. The highest BCUT2D eigenvalue weighted by atomic mass is 35.5. The van der Waals surface area contributed by atoms with Crippen LogP contribution < -0.4 is 5.32 Å². The van der Waals surface area contributed by atoms with Crippen molar-refractivity contribution in [3.8, 4) is 0 Å². The van der Waals surface area contributed by atoms with Crippen LogP contribution in [0.1, 0.15) is 61.6 Å². The predicted octanol–water partition coefficient (Wildman–Crippen LogP) is 3.63. The van der Waals surface area contributed by atoms with E-state index in [1.54, 1.807) is 10.9 Å². The van der Waals surface area contributed by atoms with Crippen LogP contribution in [0.2, 0.25) is 5.02 Å². The number of carbonyl (C=O) groups is 1. The second kappa shape index (κ2) is 6.83. The maximum absolute atomic E-state index is 12.6. The molecular formula is C18H25ClN4O2. The molecule has 6 nitrogen and oxygen atoms in total. The normalized spacial score (nSPS) is 17.4. The van der Waals surface area contributed by atoms with Gasteiger partial charge in [-0.1, -0.05) is 37.5 Å². The summed E-state index contributed by atoms with van der Waals surface area (Å²) in [6.45, 7) is 9.72. The van der Waals surface area contributed by atoms with Gasteiger partial charge in [0.15, 0.2) is 5.69 Å². The van der Waals surface area contributed by atoms with E-state index in [2.05, 4.69) is 36.3 Å².